The van der Waals surface area contributed by atoms with Crippen molar-refractivity contribution in [2.75, 3.05) is 0 Å². The maximum absolute atomic E-state index is 6.19. The predicted octanol–water partition coefficient (Wildman–Crippen LogP) is 33.1. The van der Waals surface area contributed by atoms with Crippen molar-refractivity contribution in [1.82, 2.24) is 15.0 Å². The van der Waals surface area contributed by atoms with E-state index in [2.05, 4.69) is 323 Å². The Bertz CT molecular complexity index is 7910. The third kappa shape index (κ3) is 7.98. The molecule has 0 aliphatic carbocycles. The van der Waals surface area contributed by atoms with Gasteiger partial charge in [0.1, 0.15) is 16.7 Å². The van der Waals surface area contributed by atoms with E-state index in [9.17, 15) is 0 Å². The molecule has 0 saturated heterocycles. The molecular formula is C108H57N3O3S3. The summed E-state index contributed by atoms with van der Waals surface area (Å²) in [5, 5.41) is 64.4. The first-order valence-corrected chi connectivity index (χ1v) is 42.4. The second kappa shape index (κ2) is 23.1. The highest BCUT2D eigenvalue weighted by atomic mass is 32.1. The van der Waals surface area contributed by atoms with Gasteiger partial charge in [-0.15, -0.1) is 34.0 Å². The van der Waals surface area contributed by atoms with Gasteiger partial charge < -0.3 is 28.2 Å². The second-order valence-corrected chi connectivity index (χ2v) is 34.2. The van der Waals surface area contributed by atoms with Crippen LogP contribution >= 0.6 is 34.0 Å². The zero-order chi connectivity index (χ0) is 75.7. The number of nitrogens with one attached hydrogen (secondary N) is 3. The SMILES string of the molecule is c1ccc2c(c1)c1[nH]ccc1c1c3c4ccccc4c4[nH]ccc4c3c3c4ccccc4c4[nH]ccc4c3c21.c1ccc2c(c1)c1occc1c1c3c4ccccc4c4occc4c3c3c4ccccc4c4occc4c3c21.c1ccc2c(c1)c1sccc1c1c3c4ccccc4c4sccc4c3c3c4ccccc4c4sccc4c3c21. The van der Waals surface area contributed by atoms with Gasteiger partial charge in [0.15, 0.2) is 0 Å². The standard InChI is InChI=1S/C36H21N3.C36H18O3.C36H18S3/c3*1-4-10-22-19(7-1)28-31(25-13-16-37-34(22)25)29-21-9-3-6-12-24(21)36-27(15-18-39-36)33(29)30-20-8-2-5-11-23(20)35-26(32(28)30)14-17-38-35/h1-18,37-39H;2*1-18H. The first-order valence-electron chi connectivity index (χ1n) is 39.8. The maximum atomic E-state index is 6.19. The summed E-state index contributed by atoms with van der Waals surface area (Å²) >= 11 is 5.60. The van der Waals surface area contributed by atoms with Gasteiger partial charge in [-0.3, -0.25) is 0 Å². The first-order chi connectivity index (χ1) is 58.2. The van der Waals surface area contributed by atoms with Gasteiger partial charge in [0.05, 0.1) is 35.3 Å². The van der Waals surface area contributed by atoms with Crippen molar-refractivity contribution in [3.8, 4) is 0 Å². The van der Waals surface area contributed by atoms with E-state index in [1.165, 1.54) is 241 Å². The summed E-state index contributed by atoms with van der Waals surface area (Å²) in [4.78, 5) is 10.8. The molecule has 21 aromatic carbocycles. The molecule has 0 atom stereocenters. The zero-order valence-electron chi connectivity index (χ0n) is 62.1. The van der Waals surface area contributed by atoms with Gasteiger partial charge in [0, 0.05) is 178 Å². The molecule has 117 heavy (non-hydrogen) atoms. The van der Waals surface area contributed by atoms with Crippen molar-refractivity contribution >= 4 is 324 Å². The number of hydrogen-bond donors (Lipinski definition) is 3. The molecule has 0 spiro atoms. The van der Waals surface area contributed by atoms with E-state index in [0.29, 0.717) is 0 Å². The minimum atomic E-state index is 0.916. The highest BCUT2D eigenvalue weighted by molar-refractivity contribution is 7.19. The molecule has 9 aromatic heterocycles. The molecule has 0 fully saturated rings. The van der Waals surface area contributed by atoms with Crippen molar-refractivity contribution in [2.45, 2.75) is 0 Å². The second-order valence-electron chi connectivity index (χ2n) is 31.4. The quantitative estimate of drug-likeness (QED) is 0.132. The van der Waals surface area contributed by atoms with Gasteiger partial charge in [0.25, 0.3) is 0 Å². The maximum Gasteiger partial charge on any atom is 0.142 e. The van der Waals surface area contributed by atoms with Crippen LogP contribution in [0.25, 0.3) is 290 Å². The molecule has 9 heterocycles. The zero-order valence-corrected chi connectivity index (χ0v) is 64.6. The van der Waals surface area contributed by atoms with Crippen LogP contribution in [0.5, 0.6) is 0 Å². The summed E-state index contributed by atoms with van der Waals surface area (Å²) in [6.45, 7) is 0. The molecule has 0 aliphatic rings. The van der Waals surface area contributed by atoms with Crippen molar-refractivity contribution in [1.29, 1.82) is 0 Å². The van der Waals surface area contributed by atoms with Crippen molar-refractivity contribution in [3.63, 3.8) is 0 Å². The lowest BCUT2D eigenvalue weighted by Gasteiger charge is -2.19. The van der Waals surface area contributed by atoms with Crippen LogP contribution in [0.3, 0.4) is 0 Å². The molecule has 0 saturated carbocycles. The highest BCUT2D eigenvalue weighted by Gasteiger charge is 2.30. The van der Waals surface area contributed by atoms with E-state index < -0.39 is 0 Å². The minimum absolute atomic E-state index is 0.916. The van der Waals surface area contributed by atoms with Crippen LogP contribution in [-0.4, -0.2) is 15.0 Å². The van der Waals surface area contributed by atoms with Crippen LogP contribution < -0.4 is 0 Å². The lowest BCUT2D eigenvalue weighted by atomic mass is 9.83. The van der Waals surface area contributed by atoms with Gasteiger partial charge >= 0.3 is 0 Å². The molecule has 9 heteroatoms. The number of furan rings is 3. The number of hydrogen-bond acceptors (Lipinski definition) is 6. The van der Waals surface area contributed by atoms with E-state index in [4.69, 9.17) is 13.3 Å². The van der Waals surface area contributed by atoms with E-state index in [0.717, 1.165) is 49.1 Å². The molecule has 30 aromatic rings. The van der Waals surface area contributed by atoms with Crippen LogP contribution in [-0.2, 0) is 0 Å². The van der Waals surface area contributed by atoms with E-state index in [1.807, 2.05) is 52.8 Å². The fraction of sp³-hybridized carbons (Fsp3) is 0. The number of rotatable bonds is 0. The minimum Gasteiger partial charge on any atom is -0.464 e. The number of fused-ring (bicyclic) bond motifs is 63. The summed E-state index contributed by atoms with van der Waals surface area (Å²) in [7, 11) is 0. The third-order valence-electron chi connectivity index (χ3n) is 26.2. The van der Waals surface area contributed by atoms with E-state index in [1.54, 1.807) is 0 Å². The van der Waals surface area contributed by atoms with Crippen LogP contribution in [0.15, 0.2) is 340 Å². The molecule has 0 amide bonds. The number of H-pyrrole nitrogens is 3. The largest absolute Gasteiger partial charge is 0.464 e. The van der Waals surface area contributed by atoms with E-state index in [-0.39, 0.29) is 0 Å². The monoisotopic (exact) mass is 1540 g/mol. The molecular weight excluding hydrogens is 1480 g/mol. The van der Waals surface area contributed by atoms with Gasteiger partial charge in [0.2, 0.25) is 0 Å². The Hall–Kier alpha value is -14.6. The molecule has 0 bridgehead atoms. The Morgan fingerprint density at radius 3 is 0.598 bits per heavy atom. The molecule has 3 N–H and O–H groups in total. The lowest BCUT2D eigenvalue weighted by Crippen LogP contribution is -1.92. The predicted molar refractivity (Wildman–Crippen MR) is 505 cm³/mol. The number of aromatic nitrogens is 3. The Balaban J connectivity index is 0.0000000917. The molecule has 0 unspecified atom stereocenters. The van der Waals surface area contributed by atoms with E-state index >= 15 is 0 Å². The lowest BCUT2D eigenvalue weighted by molar-refractivity contribution is 0.619. The van der Waals surface area contributed by atoms with Gasteiger partial charge in [-0.1, -0.05) is 218 Å². The average molecular weight is 1540 g/mol. The fourth-order valence-corrected chi connectivity index (χ4v) is 24.8. The first kappa shape index (κ1) is 62.9. The molecule has 0 aliphatic heterocycles. The summed E-state index contributed by atoms with van der Waals surface area (Å²) in [6, 6.07) is 99.9. The van der Waals surface area contributed by atoms with Crippen LogP contribution in [0, 0.1) is 0 Å². The molecule has 540 valence electrons. The van der Waals surface area contributed by atoms with Crippen molar-refractivity contribution < 1.29 is 13.3 Å². The summed E-state index contributed by atoms with van der Waals surface area (Å²) in [5.41, 5.74) is 6.34. The summed E-state index contributed by atoms with van der Waals surface area (Å²) in [6.07, 6.45) is 11.7. The Morgan fingerprint density at radius 1 is 0.154 bits per heavy atom. The summed E-state index contributed by atoms with van der Waals surface area (Å²) < 4.78 is 22.7. The van der Waals surface area contributed by atoms with Gasteiger partial charge in [-0.2, -0.15) is 0 Å². The Labute approximate surface area is 673 Å². The molecule has 0 radical (unpaired) electrons. The highest BCUT2D eigenvalue weighted by Crippen LogP contribution is 2.58. The van der Waals surface area contributed by atoms with Crippen LogP contribution in [0.2, 0.25) is 0 Å². The molecule has 6 nitrogen and oxygen atoms in total. The van der Waals surface area contributed by atoms with Crippen LogP contribution in [0.1, 0.15) is 0 Å². The van der Waals surface area contributed by atoms with Crippen LogP contribution in [0.4, 0.5) is 0 Å². The fourth-order valence-electron chi connectivity index (χ4n) is 21.9. The number of aromatic amines is 3. The van der Waals surface area contributed by atoms with Crippen molar-refractivity contribution in [3.05, 3.63) is 327 Å². The topological polar surface area (TPSA) is 86.8 Å². The smallest absolute Gasteiger partial charge is 0.142 e. The normalized spacial score (nSPS) is 12.6. The average Bonchev–Trinajstić information content (AvgIpc) is 1.68. The van der Waals surface area contributed by atoms with Crippen molar-refractivity contribution in [2.24, 2.45) is 0 Å². The Morgan fingerprint density at radius 2 is 0.342 bits per heavy atom. The molecule has 30 rings (SSSR count). The summed E-state index contributed by atoms with van der Waals surface area (Å²) in [5.74, 6) is 0. The third-order valence-corrected chi connectivity index (χ3v) is 29.0. The van der Waals surface area contributed by atoms with Gasteiger partial charge in [-0.05, 0) is 168 Å². The number of thiophene rings is 3. The number of benzene rings is 21. The Kier molecular flexibility index (Phi) is 12.4. The van der Waals surface area contributed by atoms with Gasteiger partial charge in [-0.25, -0.2) is 0 Å².